The van der Waals surface area contributed by atoms with Crippen molar-refractivity contribution >= 4 is 44.8 Å². The predicted octanol–water partition coefficient (Wildman–Crippen LogP) is 4.47. The van der Waals surface area contributed by atoms with Crippen LogP contribution in [0.1, 0.15) is 30.0 Å². The largest absolute Gasteiger partial charge is 0.350 e. The van der Waals surface area contributed by atoms with E-state index in [1.54, 1.807) is 37.3 Å². The lowest BCUT2D eigenvalue weighted by Crippen LogP contribution is -2.49. The van der Waals surface area contributed by atoms with Crippen LogP contribution in [-0.4, -0.2) is 26.6 Å². The van der Waals surface area contributed by atoms with Gasteiger partial charge < -0.3 is 5.32 Å². The molecule has 8 heteroatoms. The first kappa shape index (κ1) is 22.5. The minimum absolute atomic E-state index is 0.176. The summed E-state index contributed by atoms with van der Waals surface area (Å²) in [6.45, 7) is 5.81. The van der Waals surface area contributed by atoms with Gasteiger partial charge in [-0.05, 0) is 61.2 Å². The number of nitrogens with one attached hydrogen (secondary N) is 1. The van der Waals surface area contributed by atoms with E-state index >= 15 is 0 Å². The normalized spacial score (nSPS) is 12.5. The zero-order valence-corrected chi connectivity index (χ0v) is 18.6. The standard InChI is InChI=1S/C20H24Cl2N2O3S/c1-5-19(20(25)23-12-15-7-8-16(21)11-18(15)22)24(28(4,26)27)17-9-6-13(2)14(3)10-17/h6-11,19H,5,12H2,1-4H3,(H,23,25)/t19-/m1/s1. The van der Waals surface area contributed by atoms with Gasteiger partial charge in [-0.2, -0.15) is 0 Å². The van der Waals surface area contributed by atoms with E-state index < -0.39 is 22.0 Å². The quantitative estimate of drug-likeness (QED) is 0.687. The van der Waals surface area contributed by atoms with E-state index in [4.69, 9.17) is 23.2 Å². The molecule has 0 unspecified atom stereocenters. The smallest absolute Gasteiger partial charge is 0.244 e. The molecule has 0 saturated carbocycles. The maximum Gasteiger partial charge on any atom is 0.244 e. The Morgan fingerprint density at radius 2 is 1.79 bits per heavy atom. The van der Waals surface area contributed by atoms with Gasteiger partial charge in [-0.25, -0.2) is 8.42 Å². The fourth-order valence-corrected chi connectivity index (χ4v) is 4.57. The molecule has 0 aromatic heterocycles. The van der Waals surface area contributed by atoms with Crippen LogP contribution >= 0.6 is 23.2 Å². The van der Waals surface area contributed by atoms with Crippen molar-refractivity contribution in [2.45, 2.75) is 39.8 Å². The van der Waals surface area contributed by atoms with Crippen LogP contribution in [0.25, 0.3) is 0 Å². The highest BCUT2D eigenvalue weighted by Gasteiger charge is 2.31. The molecular formula is C20H24Cl2N2O3S. The minimum Gasteiger partial charge on any atom is -0.350 e. The molecule has 0 radical (unpaired) electrons. The van der Waals surface area contributed by atoms with Crippen molar-refractivity contribution in [2.75, 3.05) is 10.6 Å². The van der Waals surface area contributed by atoms with E-state index in [-0.39, 0.29) is 6.54 Å². The Labute approximate surface area is 176 Å². The van der Waals surface area contributed by atoms with Gasteiger partial charge in [-0.15, -0.1) is 0 Å². The van der Waals surface area contributed by atoms with E-state index in [0.29, 0.717) is 27.7 Å². The fourth-order valence-electron chi connectivity index (χ4n) is 2.89. The summed E-state index contributed by atoms with van der Waals surface area (Å²) in [7, 11) is -3.67. The predicted molar refractivity (Wildman–Crippen MR) is 116 cm³/mol. The Kier molecular flexibility index (Phi) is 7.37. The Morgan fingerprint density at radius 1 is 1.11 bits per heavy atom. The number of amides is 1. The molecule has 0 spiro atoms. The molecule has 0 aliphatic heterocycles. The van der Waals surface area contributed by atoms with Gasteiger partial charge in [0, 0.05) is 16.6 Å². The lowest BCUT2D eigenvalue weighted by atomic mass is 10.1. The highest BCUT2D eigenvalue weighted by Crippen LogP contribution is 2.25. The monoisotopic (exact) mass is 442 g/mol. The molecule has 28 heavy (non-hydrogen) atoms. The molecule has 0 aliphatic carbocycles. The number of aryl methyl sites for hydroxylation is 2. The molecular weight excluding hydrogens is 419 g/mol. The van der Waals surface area contributed by atoms with Gasteiger partial charge in [0.2, 0.25) is 15.9 Å². The van der Waals surface area contributed by atoms with E-state index in [1.165, 1.54) is 4.31 Å². The number of sulfonamides is 1. The van der Waals surface area contributed by atoms with Crippen molar-refractivity contribution in [3.63, 3.8) is 0 Å². The van der Waals surface area contributed by atoms with Gasteiger partial charge in [0.15, 0.2) is 0 Å². The maximum absolute atomic E-state index is 12.9. The Morgan fingerprint density at radius 3 is 2.32 bits per heavy atom. The van der Waals surface area contributed by atoms with Crippen molar-refractivity contribution in [3.05, 3.63) is 63.1 Å². The van der Waals surface area contributed by atoms with E-state index in [2.05, 4.69) is 5.32 Å². The highest BCUT2D eigenvalue weighted by molar-refractivity contribution is 7.92. The third-order valence-corrected chi connectivity index (χ3v) is 6.31. The molecule has 0 heterocycles. The lowest BCUT2D eigenvalue weighted by molar-refractivity contribution is -0.122. The van der Waals surface area contributed by atoms with Gasteiger partial charge in [-0.3, -0.25) is 9.10 Å². The number of nitrogens with zero attached hydrogens (tertiary/aromatic N) is 1. The van der Waals surface area contributed by atoms with E-state index in [0.717, 1.165) is 17.4 Å². The zero-order chi connectivity index (χ0) is 21.1. The molecule has 0 aliphatic rings. The Bertz CT molecular complexity index is 977. The number of hydrogen-bond donors (Lipinski definition) is 1. The first-order chi connectivity index (χ1) is 13.0. The van der Waals surface area contributed by atoms with Gasteiger partial charge in [0.05, 0.1) is 11.9 Å². The Hall–Kier alpha value is -1.76. The van der Waals surface area contributed by atoms with Crippen LogP contribution in [0.4, 0.5) is 5.69 Å². The third kappa shape index (κ3) is 5.40. The molecule has 0 fully saturated rings. The summed E-state index contributed by atoms with van der Waals surface area (Å²) < 4.78 is 26.2. The SMILES string of the molecule is CC[C@H](C(=O)NCc1ccc(Cl)cc1Cl)N(c1ccc(C)c(C)c1)S(C)(=O)=O. The summed E-state index contributed by atoms with van der Waals surface area (Å²) in [5, 5.41) is 3.73. The van der Waals surface area contributed by atoms with Crippen LogP contribution in [0.5, 0.6) is 0 Å². The number of benzene rings is 2. The van der Waals surface area contributed by atoms with Crippen molar-refractivity contribution in [1.29, 1.82) is 0 Å². The van der Waals surface area contributed by atoms with Gasteiger partial charge >= 0.3 is 0 Å². The van der Waals surface area contributed by atoms with Crippen LogP contribution in [0.15, 0.2) is 36.4 Å². The summed E-state index contributed by atoms with van der Waals surface area (Å²) in [6.07, 6.45) is 1.42. The first-order valence-corrected chi connectivity index (χ1v) is 11.4. The second-order valence-electron chi connectivity index (χ2n) is 6.70. The molecule has 152 valence electrons. The van der Waals surface area contributed by atoms with Crippen LogP contribution in [0, 0.1) is 13.8 Å². The number of rotatable bonds is 7. The highest BCUT2D eigenvalue weighted by atomic mass is 35.5. The number of carbonyl (C=O) groups is 1. The van der Waals surface area contributed by atoms with Gasteiger partial charge in [0.1, 0.15) is 6.04 Å². The second kappa shape index (κ2) is 9.16. The molecule has 1 N–H and O–H groups in total. The van der Waals surface area contributed by atoms with Crippen LogP contribution < -0.4 is 9.62 Å². The molecule has 1 atom stereocenters. The third-order valence-electron chi connectivity index (χ3n) is 4.54. The van der Waals surface area contributed by atoms with Crippen molar-refractivity contribution in [3.8, 4) is 0 Å². The van der Waals surface area contributed by atoms with Crippen LogP contribution in [-0.2, 0) is 21.4 Å². The van der Waals surface area contributed by atoms with Crippen LogP contribution in [0.2, 0.25) is 10.0 Å². The molecule has 1 amide bonds. The molecule has 2 rings (SSSR count). The number of anilines is 1. The number of hydrogen-bond acceptors (Lipinski definition) is 3. The summed E-state index contributed by atoms with van der Waals surface area (Å²) >= 11 is 12.0. The molecule has 0 bridgehead atoms. The zero-order valence-electron chi connectivity index (χ0n) is 16.3. The van der Waals surface area contributed by atoms with Crippen molar-refractivity contribution in [1.82, 2.24) is 5.32 Å². The molecule has 0 saturated heterocycles. The first-order valence-electron chi connectivity index (χ1n) is 8.83. The molecule has 2 aromatic rings. The lowest BCUT2D eigenvalue weighted by Gasteiger charge is -2.30. The van der Waals surface area contributed by atoms with Gasteiger partial charge in [0.25, 0.3) is 0 Å². The van der Waals surface area contributed by atoms with Crippen molar-refractivity contribution in [2.24, 2.45) is 0 Å². The maximum atomic E-state index is 12.9. The fraction of sp³-hybridized carbons (Fsp3) is 0.350. The topological polar surface area (TPSA) is 66.5 Å². The molecule has 5 nitrogen and oxygen atoms in total. The number of carbonyl (C=O) groups excluding carboxylic acids is 1. The number of halogens is 2. The summed E-state index contributed by atoms with van der Waals surface area (Å²) in [6, 6.07) is 9.48. The van der Waals surface area contributed by atoms with E-state index in [9.17, 15) is 13.2 Å². The van der Waals surface area contributed by atoms with E-state index in [1.807, 2.05) is 19.9 Å². The minimum atomic E-state index is -3.67. The second-order valence-corrected chi connectivity index (χ2v) is 9.41. The average molecular weight is 443 g/mol. The summed E-state index contributed by atoms with van der Waals surface area (Å²) in [5.74, 6) is -0.392. The summed E-state index contributed by atoms with van der Waals surface area (Å²) in [4.78, 5) is 12.9. The average Bonchev–Trinajstić information content (AvgIpc) is 2.60. The Balaban J connectivity index is 2.29. The molecule has 2 aromatic carbocycles. The van der Waals surface area contributed by atoms with Crippen molar-refractivity contribution < 1.29 is 13.2 Å². The van der Waals surface area contributed by atoms with Gasteiger partial charge in [-0.1, -0.05) is 42.3 Å². The summed E-state index contributed by atoms with van der Waals surface area (Å²) in [5.41, 5.74) is 3.17. The van der Waals surface area contributed by atoms with Crippen LogP contribution in [0.3, 0.4) is 0 Å².